The second kappa shape index (κ2) is 3.90. The predicted molar refractivity (Wildman–Crippen MR) is 50.0 cm³/mol. The van der Waals surface area contributed by atoms with Crippen molar-refractivity contribution in [2.75, 3.05) is 7.05 Å². The summed E-state index contributed by atoms with van der Waals surface area (Å²) in [6, 6.07) is 0. The first-order chi connectivity index (χ1) is 6.09. The maximum Gasteiger partial charge on any atom is 0.232 e. The van der Waals surface area contributed by atoms with Crippen LogP contribution in [0.1, 0.15) is 33.1 Å². The van der Waals surface area contributed by atoms with Gasteiger partial charge in [-0.3, -0.25) is 14.5 Å². The molecular weight excluding hydrogens is 166 g/mol. The fourth-order valence-electron chi connectivity index (χ4n) is 1.85. The minimum Gasteiger partial charge on any atom is -0.285 e. The minimum atomic E-state index is -0.107. The van der Waals surface area contributed by atoms with E-state index in [-0.39, 0.29) is 23.7 Å². The van der Waals surface area contributed by atoms with Crippen molar-refractivity contribution in [1.82, 2.24) is 4.90 Å². The first-order valence-electron chi connectivity index (χ1n) is 4.91. The zero-order valence-electron chi connectivity index (χ0n) is 8.54. The van der Waals surface area contributed by atoms with Crippen LogP contribution in [-0.2, 0) is 9.59 Å². The summed E-state index contributed by atoms with van der Waals surface area (Å²) in [5.41, 5.74) is 0. The van der Waals surface area contributed by atoms with Crippen LogP contribution < -0.4 is 0 Å². The Morgan fingerprint density at radius 1 is 1.31 bits per heavy atom. The summed E-state index contributed by atoms with van der Waals surface area (Å²) in [4.78, 5) is 24.2. The molecule has 0 saturated carbocycles. The van der Waals surface area contributed by atoms with E-state index in [1.54, 1.807) is 7.05 Å². The van der Waals surface area contributed by atoms with Gasteiger partial charge in [-0.1, -0.05) is 26.7 Å². The van der Waals surface area contributed by atoms with E-state index in [0.29, 0.717) is 0 Å². The summed E-state index contributed by atoms with van der Waals surface area (Å²) in [5.74, 6) is -0.182. The van der Waals surface area contributed by atoms with E-state index in [2.05, 4.69) is 6.92 Å². The Hall–Kier alpha value is -0.860. The van der Waals surface area contributed by atoms with E-state index in [1.165, 1.54) is 4.90 Å². The van der Waals surface area contributed by atoms with E-state index in [0.717, 1.165) is 19.3 Å². The fraction of sp³-hybridized carbons (Fsp3) is 0.800. The lowest BCUT2D eigenvalue weighted by molar-refractivity contribution is -0.138. The average Bonchev–Trinajstić information content (AvgIpc) is 2.30. The number of nitrogens with zero attached hydrogens (tertiary/aromatic N) is 1. The molecule has 3 heteroatoms. The maximum atomic E-state index is 11.5. The van der Waals surface area contributed by atoms with Gasteiger partial charge in [0.1, 0.15) is 0 Å². The normalized spacial score (nSPS) is 28.7. The molecule has 2 unspecified atom stereocenters. The molecular formula is C10H17NO2. The number of imide groups is 1. The Morgan fingerprint density at radius 2 is 1.92 bits per heavy atom. The Bertz CT molecular complexity index is 225. The van der Waals surface area contributed by atoms with Crippen molar-refractivity contribution in [2.45, 2.75) is 33.1 Å². The quantitative estimate of drug-likeness (QED) is 0.621. The molecule has 0 aromatic rings. The topological polar surface area (TPSA) is 37.4 Å². The third-order valence-electron chi connectivity index (χ3n) is 2.84. The van der Waals surface area contributed by atoms with Gasteiger partial charge in [-0.2, -0.15) is 0 Å². The molecule has 1 fully saturated rings. The molecule has 0 N–H and O–H groups in total. The highest BCUT2D eigenvalue weighted by Crippen LogP contribution is 2.28. The number of amides is 2. The molecule has 1 aliphatic rings. The van der Waals surface area contributed by atoms with Gasteiger partial charge in [0.25, 0.3) is 0 Å². The summed E-state index contributed by atoms with van der Waals surface area (Å²) in [5, 5.41) is 0. The molecule has 1 heterocycles. The van der Waals surface area contributed by atoms with Crippen molar-refractivity contribution in [1.29, 1.82) is 0 Å². The number of hydrogen-bond donors (Lipinski definition) is 0. The van der Waals surface area contributed by atoms with Crippen LogP contribution in [0.15, 0.2) is 0 Å². The van der Waals surface area contributed by atoms with Crippen LogP contribution in [0.4, 0.5) is 0 Å². The largest absolute Gasteiger partial charge is 0.285 e. The van der Waals surface area contributed by atoms with Crippen molar-refractivity contribution >= 4 is 11.8 Å². The molecule has 1 rings (SSSR count). The second-order valence-electron chi connectivity index (χ2n) is 3.77. The monoisotopic (exact) mass is 183 g/mol. The number of likely N-dealkylation sites (tertiary alicyclic amines) is 1. The lowest BCUT2D eigenvalue weighted by atomic mass is 9.92. The average molecular weight is 183 g/mol. The van der Waals surface area contributed by atoms with Crippen LogP contribution >= 0.6 is 0 Å². The molecule has 2 amide bonds. The summed E-state index contributed by atoms with van der Waals surface area (Å²) in [7, 11) is 1.58. The smallest absolute Gasteiger partial charge is 0.232 e. The highest BCUT2D eigenvalue weighted by molar-refractivity contribution is 6.04. The van der Waals surface area contributed by atoms with Crippen LogP contribution in [0.25, 0.3) is 0 Å². The summed E-state index contributed by atoms with van der Waals surface area (Å²) < 4.78 is 0. The van der Waals surface area contributed by atoms with Crippen molar-refractivity contribution < 1.29 is 9.59 Å². The van der Waals surface area contributed by atoms with E-state index >= 15 is 0 Å². The lowest BCUT2D eigenvalue weighted by Gasteiger charge is -2.09. The molecule has 13 heavy (non-hydrogen) atoms. The molecule has 3 nitrogen and oxygen atoms in total. The highest BCUT2D eigenvalue weighted by atomic mass is 16.2. The number of rotatable bonds is 3. The van der Waals surface area contributed by atoms with Gasteiger partial charge >= 0.3 is 0 Å². The molecule has 74 valence electrons. The molecule has 0 spiro atoms. The Morgan fingerprint density at radius 3 is 2.31 bits per heavy atom. The Kier molecular flexibility index (Phi) is 3.07. The van der Waals surface area contributed by atoms with Crippen LogP contribution in [-0.4, -0.2) is 23.8 Å². The fourth-order valence-corrected chi connectivity index (χ4v) is 1.85. The third-order valence-corrected chi connectivity index (χ3v) is 2.84. The molecule has 0 aliphatic carbocycles. The summed E-state index contributed by atoms with van der Waals surface area (Å²) in [6.07, 6.45) is 2.96. The van der Waals surface area contributed by atoms with Gasteiger partial charge in [-0.05, 0) is 6.42 Å². The lowest BCUT2D eigenvalue weighted by Crippen LogP contribution is -2.26. The Balaban J connectivity index is 2.64. The molecule has 1 saturated heterocycles. The maximum absolute atomic E-state index is 11.5. The van der Waals surface area contributed by atoms with E-state index in [4.69, 9.17) is 0 Å². The number of carbonyl (C=O) groups excluding carboxylic acids is 2. The standard InChI is InChI=1S/C10H17NO2/c1-4-5-6-8-7(2)9(12)11(3)10(8)13/h7-8H,4-6H2,1-3H3. The number of unbranched alkanes of at least 4 members (excludes halogenated alkanes) is 1. The van der Waals surface area contributed by atoms with Crippen LogP contribution in [0.5, 0.6) is 0 Å². The zero-order valence-corrected chi connectivity index (χ0v) is 8.54. The van der Waals surface area contributed by atoms with Gasteiger partial charge in [-0.25, -0.2) is 0 Å². The van der Waals surface area contributed by atoms with Crippen LogP contribution in [0.3, 0.4) is 0 Å². The van der Waals surface area contributed by atoms with Gasteiger partial charge in [0.2, 0.25) is 11.8 Å². The summed E-state index contributed by atoms with van der Waals surface area (Å²) >= 11 is 0. The van der Waals surface area contributed by atoms with Crippen molar-refractivity contribution in [3.63, 3.8) is 0 Å². The van der Waals surface area contributed by atoms with Crippen LogP contribution in [0, 0.1) is 11.8 Å². The van der Waals surface area contributed by atoms with Gasteiger partial charge in [0.15, 0.2) is 0 Å². The molecule has 0 aromatic heterocycles. The van der Waals surface area contributed by atoms with Gasteiger partial charge in [0.05, 0.1) is 0 Å². The number of hydrogen-bond acceptors (Lipinski definition) is 2. The highest BCUT2D eigenvalue weighted by Gasteiger charge is 2.42. The van der Waals surface area contributed by atoms with Crippen LogP contribution in [0.2, 0.25) is 0 Å². The first kappa shape index (κ1) is 10.2. The first-order valence-corrected chi connectivity index (χ1v) is 4.91. The molecule has 1 aliphatic heterocycles. The van der Waals surface area contributed by atoms with Gasteiger partial charge in [0, 0.05) is 18.9 Å². The van der Waals surface area contributed by atoms with Crippen molar-refractivity contribution in [3.8, 4) is 0 Å². The van der Waals surface area contributed by atoms with Crippen molar-refractivity contribution in [2.24, 2.45) is 11.8 Å². The van der Waals surface area contributed by atoms with Crippen molar-refractivity contribution in [3.05, 3.63) is 0 Å². The van der Waals surface area contributed by atoms with E-state index < -0.39 is 0 Å². The minimum absolute atomic E-state index is 0.00551. The van der Waals surface area contributed by atoms with E-state index in [1.807, 2.05) is 6.92 Å². The second-order valence-corrected chi connectivity index (χ2v) is 3.77. The zero-order chi connectivity index (χ0) is 10.0. The molecule has 0 bridgehead atoms. The predicted octanol–water partition coefficient (Wildman–Crippen LogP) is 1.43. The molecule has 2 atom stereocenters. The van der Waals surface area contributed by atoms with Gasteiger partial charge in [-0.15, -0.1) is 0 Å². The Labute approximate surface area is 79.1 Å². The molecule has 0 aromatic carbocycles. The van der Waals surface area contributed by atoms with Gasteiger partial charge < -0.3 is 0 Å². The summed E-state index contributed by atoms with van der Waals surface area (Å²) in [6.45, 7) is 3.94. The SMILES string of the molecule is CCCCC1C(=O)N(C)C(=O)C1C. The van der Waals surface area contributed by atoms with E-state index in [9.17, 15) is 9.59 Å². The number of carbonyl (C=O) groups is 2. The third kappa shape index (κ3) is 1.74. The molecule has 0 radical (unpaired) electrons.